The molecule has 0 unspecified atom stereocenters. The molecule has 0 amide bonds. The molecular weight excluding hydrogens is 499 g/mol. The Bertz CT molecular complexity index is 472. The molecule has 4 nitrogen and oxygen atoms in total. The fourth-order valence-corrected chi connectivity index (χ4v) is 5.76. The second-order valence-corrected chi connectivity index (χ2v) is 13.0. The lowest BCUT2D eigenvalue weighted by Gasteiger charge is -2.05. The highest BCUT2D eigenvalue weighted by Crippen LogP contribution is 2.35. The molecule has 0 aromatic carbocycles. The third-order valence-electron chi connectivity index (χ3n) is 7.56. The number of hydrogen-bond donors (Lipinski definition) is 3. The summed E-state index contributed by atoms with van der Waals surface area (Å²) in [5.41, 5.74) is 0. The predicted octanol–water partition coefficient (Wildman–Crippen LogP) is 11.3. The molecule has 0 spiro atoms. The Morgan fingerprint density at radius 1 is 0.378 bits per heavy atom. The molecule has 0 aliphatic rings. The van der Waals surface area contributed by atoms with E-state index in [-0.39, 0.29) is 6.61 Å². The van der Waals surface area contributed by atoms with Crippen LogP contribution in [0.1, 0.15) is 186 Å². The minimum Gasteiger partial charge on any atom is -0.303 e. The Morgan fingerprint density at radius 3 is 0.757 bits per heavy atom. The fourth-order valence-electron chi connectivity index (χ4n) is 5.17. The van der Waals surface area contributed by atoms with Gasteiger partial charge >= 0.3 is 7.82 Å². The maximum absolute atomic E-state index is 10.6. The molecule has 6 heteroatoms. The summed E-state index contributed by atoms with van der Waals surface area (Å²) < 4.78 is 15.0. The van der Waals surface area contributed by atoms with E-state index in [0.717, 1.165) is 25.0 Å². The molecule has 0 radical (unpaired) electrons. The van der Waals surface area contributed by atoms with Crippen LogP contribution in [0.4, 0.5) is 0 Å². The van der Waals surface area contributed by atoms with Crippen LogP contribution in [0.15, 0.2) is 0 Å². The second-order valence-electron chi connectivity index (χ2n) is 11.3. The first-order chi connectivity index (χ1) is 18.1. The van der Waals surface area contributed by atoms with Crippen LogP contribution >= 0.6 is 20.5 Å². The third kappa shape index (κ3) is 36.5. The Hall–Kier alpha value is 0.460. The average Bonchev–Trinajstić information content (AvgIpc) is 2.86. The van der Waals surface area contributed by atoms with Crippen molar-refractivity contribution < 1.29 is 18.9 Å². The van der Waals surface area contributed by atoms with Gasteiger partial charge in [0, 0.05) is 0 Å². The molecule has 0 saturated carbocycles. The molecule has 0 aliphatic carbocycles. The Kier molecular flexibility index (Phi) is 31.4. The van der Waals surface area contributed by atoms with Crippen molar-refractivity contribution in [3.05, 3.63) is 0 Å². The van der Waals surface area contributed by atoms with Crippen molar-refractivity contribution >= 4 is 20.5 Å². The topological polar surface area (TPSA) is 66.8 Å². The zero-order valence-electron chi connectivity index (χ0n) is 24.5. The van der Waals surface area contributed by atoms with Gasteiger partial charge in [-0.2, -0.15) is 12.6 Å². The summed E-state index contributed by atoms with van der Waals surface area (Å²) in [5, 5.41) is 0. The van der Waals surface area contributed by atoms with E-state index in [2.05, 4.69) is 17.2 Å². The van der Waals surface area contributed by atoms with Gasteiger partial charge in [0.05, 0.1) is 6.61 Å². The lowest BCUT2D eigenvalue weighted by Crippen LogP contribution is -1.92. The molecule has 0 aromatic heterocycles. The van der Waals surface area contributed by atoms with Crippen molar-refractivity contribution in [3.63, 3.8) is 0 Å². The number of phosphoric acid groups is 1. The minimum atomic E-state index is -4.27. The summed E-state index contributed by atoms with van der Waals surface area (Å²) in [5.74, 6) is 1.06. The Balaban J connectivity index is 3.04. The van der Waals surface area contributed by atoms with Crippen molar-refractivity contribution in [2.45, 2.75) is 186 Å². The van der Waals surface area contributed by atoms with Crippen molar-refractivity contribution in [2.24, 2.45) is 0 Å². The fraction of sp³-hybridized carbons (Fsp3) is 1.00. The molecule has 0 rings (SSSR count). The Morgan fingerprint density at radius 2 is 0.568 bits per heavy atom. The van der Waals surface area contributed by atoms with Crippen LogP contribution in [0.5, 0.6) is 0 Å². The minimum absolute atomic E-state index is 0.169. The molecular formula is C31H65O4PS. The van der Waals surface area contributed by atoms with E-state index in [1.807, 2.05) is 0 Å². The van der Waals surface area contributed by atoms with E-state index in [0.29, 0.717) is 0 Å². The van der Waals surface area contributed by atoms with E-state index in [4.69, 9.17) is 9.79 Å². The maximum atomic E-state index is 10.6. The van der Waals surface area contributed by atoms with Gasteiger partial charge in [-0.1, -0.05) is 173 Å². The van der Waals surface area contributed by atoms with E-state index in [1.165, 1.54) is 167 Å². The van der Waals surface area contributed by atoms with Crippen molar-refractivity contribution in [3.8, 4) is 0 Å². The maximum Gasteiger partial charge on any atom is 0.469 e. The first-order valence-electron chi connectivity index (χ1n) is 16.4. The molecule has 2 N–H and O–H groups in total. The Labute approximate surface area is 237 Å². The zero-order valence-corrected chi connectivity index (χ0v) is 26.3. The molecule has 0 atom stereocenters. The first-order valence-corrected chi connectivity index (χ1v) is 18.5. The molecule has 0 aromatic rings. The summed E-state index contributed by atoms with van der Waals surface area (Å²) in [6.45, 7) is 0.169. The van der Waals surface area contributed by atoms with Crippen molar-refractivity contribution in [1.29, 1.82) is 0 Å². The van der Waals surface area contributed by atoms with Gasteiger partial charge in [-0.05, 0) is 18.6 Å². The predicted molar refractivity (Wildman–Crippen MR) is 166 cm³/mol. The van der Waals surface area contributed by atoms with E-state index in [9.17, 15) is 4.57 Å². The highest BCUT2D eigenvalue weighted by molar-refractivity contribution is 7.80. The quantitative estimate of drug-likeness (QED) is 0.0432. The molecule has 0 aliphatic heterocycles. The van der Waals surface area contributed by atoms with Crippen LogP contribution in [0, 0.1) is 0 Å². The second kappa shape index (κ2) is 31.0. The van der Waals surface area contributed by atoms with Gasteiger partial charge in [-0.3, -0.25) is 4.52 Å². The monoisotopic (exact) mass is 564 g/mol. The molecule has 37 heavy (non-hydrogen) atoms. The SMILES string of the molecule is O=P(O)(O)OCCCCCCCCCCCCCCCCCCCCCCCCCCCCCCCS. The average molecular weight is 565 g/mol. The summed E-state index contributed by atoms with van der Waals surface area (Å²) in [4.78, 5) is 17.2. The lowest BCUT2D eigenvalue weighted by atomic mass is 10.0. The summed E-state index contributed by atoms with van der Waals surface area (Å²) in [7, 11) is -4.27. The first kappa shape index (κ1) is 37.5. The largest absolute Gasteiger partial charge is 0.469 e. The number of unbranched alkanes of at least 4 members (excludes halogenated alkanes) is 28. The third-order valence-corrected chi connectivity index (χ3v) is 8.40. The molecule has 0 saturated heterocycles. The number of phosphoric ester groups is 1. The number of hydrogen-bond acceptors (Lipinski definition) is 3. The molecule has 0 heterocycles. The molecule has 224 valence electrons. The van der Waals surface area contributed by atoms with Gasteiger partial charge in [-0.25, -0.2) is 4.57 Å². The zero-order chi connectivity index (χ0) is 27.1. The normalized spacial score (nSPS) is 12.0. The smallest absolute Gasteiger partial charge is 0.303 e. The highest BCUT2D eigenvalue weighted by atomic mass is 32.1. The van der Waals surface area contributed by atoms with Crippen LogP contribution < -0.4 is 0 Å². The van der Waals surface area contributed by atoms with Gasteiger partial charge in [0.1, 0.15) is 0 Å². The van der Waals surface area contributed by atoms with Gasteiger partial charge < -0.3 is 9.79 Å². The highest BCUT2D eigenvalue weighted by Gasteiger charge is 2.12. The van der Waals surface area contributed by atoms with Crippen LogP contribution in [0.2, 0.25) is 0 Å². The number of thiol groups is 1. The van der Waals surface area contributed by atoms with Crippen molar-refractivity contribution in [2.75, 3.05) is 12.4 Å². The van der Waals surface area contributed by atoms with E-state index in [1.54, 1.807) is 0 Å². The standard InChI is InChI=1S/C31H65O4PS/c32-36(33,34)35-30-28-26-24-22-20-18-16-14-12-10-8-6-4-2-1-3-5-7-9-11-13-15-17-19-21-23-25-27-29-31-37/h37H,1-31H2,(H2,32,33,34). The summed E-state index contributed by atoms with van der Waals surface area (Å²) >= 11 is 4.27. The number of rotatable bonds is 32. The van der Waals surface area contributed by atoms with Crippen LogP contribution in [0.25, 0.3) is 0 Å². The van der Waals surface area contributed by atoms with Gasteiger partial charge in [-0.15, -0.1) is 0 Å². The van der Waals surface area contributed by atoms with E-state index < -0.39 is 7.82 Å². The summed E-state index contributed by atoms with van der Waals surface area (Å²) in [6.07, 6.45) is 39.5. The van der Waals surface area contributed by atoms with Crippen molar-refractivity contribution in [1.82, 2.24) is 0 Å². The van der Waals surface area contributed by atoms with Gasteiger partial charge in [0.15, 0.2) is 0 Å². The van der Waals surface area contributed by atoms with Gasteiger partial charge in [0.2, 0.25) is 0 Å². The van der Waals surface area contributed by atoms with Crippen LogP contribution in [0.3, 0.4) is 0 Å². The van der Waals surface area contributed by atoms with Crippen LogP contribution in [-0.2, 0) is 9.09 Å². The summed E-state index contributed by atoms with van der Waals surface area (Å²) in [6, 6.07) is 0. The lowest BCUT2D eigenvalue weighted by molar-refractivity contribution is 0.193. The van der Waals surface area contributed by atoms with Gasteiger partial charge in [0.25, 0.3) is 0 Å². The van der Waals surface area contributed by atoms with Crippen LogP contribution in [-0.4, -0.2) is 22.1 Å². The van der Waals surface area contributed by atoms with E-state index >= 15 is 0 Å². The molecule has 0 bridgehead atoms. The molecule has 0 fully saturated rings.